The molecule has 1 aromatic rings. The first-order chi connectivity index (χ1) is 10.0. The lowest BCUT2D eigenvalue weighted by molar-refractivity contribution is 0.0787. The molecule has 1 aliphatic rings. The lowest BCUT2D eigenvalue weighted by atomic mass is 10.1. The van der Waals surface area contributed by atoms with Crippen LogP contribution in [0, 0.1) is 30.6 Å². The summed E-state index contributed by atoms with van der Waals surface area (Å²) in [5.41, 5.74) is 2.56. The van der Waals surface area contributed by atoms with E-state index in [0.29, 0.717) is 17.9 Å². The molecule has 0 saturated heterocycles. The number of aliphatic hydroxyl groups excluding tert-OH is 1. The van der Waals surface area contributed by atoms with Crippen LogP contribution in [-0.2, 0) is 0 Å². The van der Waals surface area contributed by atoms with Gasteiger partial charge in [0.2, 0.25) is 0 Å². The van der Waals surface area contributed by atoms with Crippen LogP contribution in [0.1, 0.15) is 41.3 Å². The zero-order chi connectivity index (χ0) is 15.4. The number of carbonyl (C=O) groups is 1. The van der Waals surface area contributed by atoms with Crippen molar-refractivity contribution >= 4 is 5.91 Å². The molecule has 1 amide bonds. The summed E-state index contributed by atoms with van der Waals surface area (Å²) in [7, 11) is 1.87. The number of rotatable bonds is 4. The first kappa shape index (κ1) is 15.6. The molecule has 3 heteroatoms. The average Bonchev–Trinajstić information content (AvgIpc) is 3.13. The van der Waals surface area contributed by atoms with Gasteiger partial charge in [-0.25, -0.2) is 0 Å². The molecule has 2 atom stereocenters. The first-order valence-electron chi connectivity index (χ1n) is 7.48. The van der Waals surface area contributed by atoms with E-state index in [2.05, 4.69) is 18.8 Å². The molecule has 0 radical (unpaired) electrons. The van der Waals surface area contributed by atoms with Gasteiger partial charge in [0.25, 0.3) is 5.91 Å². The van der Waals surface area contributed by atoms with E-state index in [4.69, 9.17) is 5.11 Å². The molecule has 2 rings (SSSR count). The van der Waals surface area contributed by atoms with Crippen molar-refractivity contribution in [3.8, 4) is 11.8 Å². The number of hydrogen-bond acceptors (Lipinski definition) is 2. The van der Waals surface area contributed by atoms with Gasteiger partial charge in [-0.05, 0) is 48.9 Å². The van der Waals surface area contributed by atoms with E-state index in [-0.39, 0.29) is 12.5 Å². The monoisotopic (exact) mass is 285 g/mol. The van der Waals surface area contributed by atoms with Crippen LogP contribution < -0.4 is 0 Å². The quantitative estimate of drug-likeness (QED) is 0.863. The second-order valence-corrected chi connectivity index (χ2v) is 6.02. The minimum absolute atomic E-state index is 0.0583. The van der Waals surface area contributed by atoms with Crippen molar-refractivity contribution in [1.82, 2.24) is 4.90 Å². The van der Waals surface area contributed by atoms with Gasteiger partial charge in [0.15, 0.2) is 0 Å². The van der Waals surface area contributed by atoms with Gasteiger partial charge in [-0.3, -0.25) is 4.79 Å². The lowest BCUT2D eigenvalue weighted by Crippen LogP contribution is -2.29. The van der Waals surface area contributed by atoms with Gasteiger partial charge in [-0.15, -0.1) is 0 Å². The van der Waals surface area contributed by atoms with Crippen LogP contribution in [0.2, 0.25) is 0 Å². The van der Waals surface area contributed by atoms with Crippen LogP contribution in [0.3, 0.4) is 0 Å². The van der Waals surface area contributed by atoms with Gasteiger partial charge in [-0.1, -0.05) is 18.8 Å². The van der Waals surface area contributed by atoms with Crippen molar-refractivity contribution < 1.29 is 9.90 Å². The maximum absolute atomic E-state index is 12.5. The van der Waals surface area contributed by atoms with Crippen LogP contribution in [0.25, 0.3) is 0 Å². The maximum atomic E-state index is 12.5. The van der Waals surface area contributed by atoms with E-state index < -0.39 is 0 Å². The molecule has 1 saturated carbocycles. The molecule has 1 aromatic carbocycles. The highest BCUT2D eigenvalue weighted by molar-refractivity contribution is 5.94. The standard InChI is InChI=1S/C18H23NO2/c1-13-8-15(6-4-5-7-20)11-16(9-13)18(21)19(3)12-17-10-14(17)2/h8-9,11,14,17,20H,5,7,10,12H2,1-3H3. The molecule has 0 bridgehead atoms. The molecular weight excluding hydrogens is 262 g/mol. The van der Waals surface area contributed by atoms with Gasteiger partial charge >= 0.3 is 0 Å². The summed E-state index contributed by atoms with van der Waals surface area (Å²) in [5.74, 6) is 7.36. The Morgan fingerprint density at radius 3 is 2.76 bits per heavy atom. The maximum Gasteiger partial charge on any atom is 0.253 e. The summed E-state index contributed by atoms with van der Waals surface area (Å²) in [4.78, 5) is 14.3. The summed E-state index contributed by atoms with van der Waals surface area (Å²) in [6, 6.07) is 5.71. The van der Waals surface area contributed by atoms with E-state index >= 15 is 0 Å². The third-order valence-corrected chi connectivity index (χ3v) is 3.93. The van der Waals surface area contributed by atoms with Gasteiger partial charge in [0, 0.05) is 31.1 Å². The third kappa shape index (κ3) is 4.34. The summed E-state index contributed by atoms with van der Waals surface area (Å²) < 4.78 is 0. The molecule has 0 spiro atoms. The molecule has 3 nitrogen and oxygen atoms in total. The Morgan fingerprint density at radius 2 is 2.14 bits per heavy atom. The fourth-order valence-electron chi connectivity index (χ4n) is 2.51. The number of nitrogens with zero attached hydrogens (tertiary/aromatic N) is 1. The van der Waals surface area contributed by atoms with E-state index in [0.717, 1.165) is 23.6 Å². The van der Waals surface area contributed by atoms with Gasteiger partial charge in [-0.2, -0.15) is 0 Å². The molecule has 21 heavy (non-hydrogen) atoms. The van der Waals surface area contributed by atoms with Crippen LogP contribution in [0.4, 0.5) is 0 Å². The molecule has 0 aromatic heterocycles. The molecular formula is C18H23NO2. The predicted molar refractivity (Wildman–Crippen MR) is 84.0 cm³/mol. The first-order valence-corrected chi connectivity index (χ1v) is 7.48. The largest absolute Gasteiger partial charge is 0.395 e. The summed E-state index contributed by atoms with van der Waals surface area (Å²) in [6.07, 6.45) is 1.68. The van der Waals surface area contributed by atoms with Crippen molar-refractivity contribution in [1.29, 1.82) is 0 Å². The van der Waals surface area contributed by atoms with Crippen molar-refractivity contribution in [3.63, 3.8) is 0 Å². The van der Waals surface area contributed by atoms with Crippen molar-refractivity contribution in [2.75, 3.05) is 20.2 Å². The van der Waals surface area contributed by atoms with Gasteiger partial charge in [0.05, 0.1) is 6.61 Å². The molecule has 112 valence electrons. The molecule has 1 fully saturated rings. The van der Waals surface area contributed by atoms with E-state index in [9.17, 15) is 4.79 Å². The molecule has 0 aliphatic heterocycles. The molecule has 1 N–H and O–H groups in total. The minimum Gasteiger partial charge on any atom is -0.395 e. The van der Waals surface area contributed by atoms with E-state index in [1.807, 2.05) is 37.1 Å². The number of carbonyl (C=O) groups excluding carboxylic acids is 1. The Balaban J connectivity index is 2.11. The Hall–Kier alpha value is -1.79. The number of aryl methyl sites for hydroxylation is 1. The zero-order valence-corrected chi connectivity index (χ0v) is 13.0. The summed E-state index contributed by atoms with van der Waals surface area (Å²) in [6.45, 7) is 5.09. The second kappa shape index (κ2) is 6.78. The number of amides is 1. The highest BCUT2D eigenvalue weighted by Crippen LogP contribution is 2.38. The molecule has 1 aliphatic carbocycles. The molecule has 2 unspecified atom stereocenters. The predicted octanol–water partition coefficient (Wildman–Crippen LogP) is 2.46. The number of aliphatic hydroxyl groups is 1. The average molecular weight is 285 g/mol. The zero-order valence-electron chi connectivity index (χ0n) is 13.0. The summed E-state index contributed by atoms with van der Waals surface area (Å²) in [5, 5.41) is 8.76. The van der Waals surface area contributed by atoms with Crippen molar-refractivity contribution in [2.45, 2.75) is 26.7 Å². The van der Waals surface area contributed by atoms with Gasteiger partial charge in [0.1, 0.15) is 0 Å². The van der Waals surface area contributed by atoms with Crippen molar-refractivity contribution in [2.24, 2.45) is 11.8 Å². The SMILES string of the molecule is Cc1cc(C#CCCO)cc(C(=O)N(C)CC2CC2C)c1. The Bertz CT molecular complexity index is 583. The number of benzene rings is 1. The topological polar surface area (TPSA) is 40.5 Å². The fourth-order valence-corrected chi connectivity index (χ4v) is 2.51. The highest BCUT2D eigenvalue weighted by Gasteiger charge is 2.34. The Labute approximate surface area is 127 Å². The highest BCUT2D eigenvalue weighted by atomic mass is 16.2. The van der Waals surface area contributed by atoms with Crippen LogP contribution in [0.5, 0.6) is 0 Å². The second-order valence-electron chi connectivity index (χ2n) is 6.02. The third-order valence-electron chi connectivity index (χ3n) is 3.93. The fraction of sp³-hybridized carbons (Fsp3) is 0.500. The smallest absolute Gasteiger partial charge is 0.253 e. The van der Waals surface area contributed by atoms with E-state index in [1.165, 1.54) is 6.42 Å². The van der Waals surface area contributed by atoms with Crippen molar-refractivity contribution in [3.05, 3.63) is 34.9 Å². The number of hydrogen-bond donors (Lipinski definition) is 1. The van der Waals surface area contributed by atoms with E-state index in [1.54, 1.807) is 0 Å². The normalized spacial score (nSPS) is 19.6. The van der Waals surface area contributed by atoms with Crippen LogP contribution in [-0.4, -0.2) is 36.1 Å². The summed E-state index contributed by atoms with van der Waals surface area (Å²) >= 11 is 0. The lowest BCUT2D eigenvalue weighted by Gasteiger charge is -2.17. The van der Waals surface area contributed by atoms with Crippen LogP contribution in [0.15, 0.2) is 18.2 Å². The molecule has 0 heterocycles. The van der Waals surface area contributed by atoms with Gasteiger partial charge < -0.3 is 10.0 Å². The Kier molecular flexibility index (Phi) is 5.03. The Morgan fingerprint density at radius 1 is 1.43 bits per heavy atom. The van der Waals surface area contributed by atoms with Crippen LogP contribution >= 0.6 is 0 Å². The minimum atomic E-state index is 0.0583.